The lowest BCUT2D eigenvalue weighted by atomic mass is 9.88. The molecule has 1 unspecified atom stereocenters. The third kappa shape index (κ3) is 9.64. The van der Waals surface area contributed by atoms with Crippen LogP contribution < -0.4 is 5.73 Å². The van der Waals surface area contributed by atoms with Gasteiger partial charge in [-0.3, -0.25) is 0 Å². The number of carboxylic acids is 1. The fourth-order valence-corrected chi connectivity index (χ4v) is 4.11. The van der Waals surface area contributed by atoms with E-state index >= 15 is 0 Å². The molecule has 0 amide bonds. The highest BCUT2D eigenvalue weighted by atomic mass is 16.5. The molecular formula is C31H43NO3. The fourth-order valence-electron chi connectivity index (χ4n) is 4.11. The van der Waals surface area contributed by atoms with Crippen LogP contribution in [0.2, 0.25) is 0 Å². The van der Waals surface area contributed by atoms with Crippen LogP contribution in [0.3, 0.4) is 0 Å². The van der Waals surface area contributed by atoms with E-state index in [4.69, 9.17) is 10.5 Å². The maximum Gasteiger partial charge on any atom is 0.339 e. The van der Waals surface area contributed by atoms with Crippen molar-refractivity contribution in [3.05, 3.63) is 76.9 Å². The predicted octanol–water partition coefficient (Wildman–Crippen LogP) is 8.35. The van der Waals surface area contributed by atoms with Gasteiger partial charge in [-0.05, 0) is 54.2 Å². The van der Waals surface area contributed by atoms with Gasteiger partial charge in [0.1, 0.15) is 11.3 Å². The number of hydrogen-bond donors (Lipinski definition) is 2. The van der Waals surface area contributed by atoms with Crippen molar-refractivity contribution >= 4 is 23.5 Å². The molecule has 1 atom stereocenters. The minimum Gasteiger partial charge on any atom is -0.492 e. The largest absolute Gasteiger partial charge is 0.492 e. The van der Waals surface area contributed by atoms with E-state index in [1.54, 1.807) is 12.1 Å². The Kier molecular flexibility index (Phi) is 12.7. The molecule has 0 heterocycles. The zero-order valence-corrected chi connectivity index (χ0v) is 21.8. The van der Waals surface area contributed by atoms with Crippen molar-refractivity contribution in [3.63, 3.8) is 0 Å². The lowest BCUT2D eigenvalue weighted by Crippen LogP contribution is -2.14. The summed E-state index contributed by atoms with van der Waals surface area (Å²) in [6.45, 7) is 6.87. The lowest BCUT2D eigenvalue weighted by Gasteiger charge is -2.21. The van der Waals surface area contributed by atoms with Crippen molar-refractivity contribution in [1.29, 1.82) is 0 Å². The summed E-state index contributed by atoms with van der Waals surface area (Å²) in [6, 6.07) is 17.1. The molecule has 0 aliphatic rings. The number of nitrogen functional groups attached to an aromatic ring is 1. The van der Waals surface area contributed by atoms with Crippen molar-refractivity contribution in [1.82, 2.24) is 0 Å². The summed E-state index contributed by atoms with van der Waals surface area (Å²) >= 11 is 0. The molecule has 0 radical (unpaired) electrons. The van der Waals surface area contributed by atoms with E-state index < -0.39 is 5.97 Å². The molecule has 3 N–H and O–H groups in total. The second-order valence-electron chi connectivity index (χ2n) is 9.27. The molecule has 4 nitrogen and oxygen atoms in total. The van der Waals surface area contributed by atoms with Gasteiger partial charge < -0.3 is 15.6 Å². The number of nitrogens with two attached hydrogens (primary N) is 1. The molecule has 2 aromatic rings. The topological polar surface area (TPSA) is 72.5 Å². The van der Waals surface area contributed by atoms with Crippen LogP contribution in [0.15, 0.2) is 65.7 Å². The first-order valence-corrected chi connectivity index (χ1v) is 13.2. The number of rotatable bonds is 16. The third-order valence-corrected chi connectivity index (χ3v) is 6.41. The average Bonchev–Trinajstić information content (AvgIpc) is 2.86. The van der Waals surface area contributed by atoms with E-state index in [1.807, 2.05) is 48.5 Å². The van der Waals surface area contributed by atoms with Gasteiger partial charge >= 0.3 is 5.97 Å². The standard InChI is InChI=1S/C31H43NO3/c1-4-6-7-8-9-10-11-15-22-35-30(26-18-20-27(32)21-19-26)29(31(33)34)28(24(3)5-2)23-25-16-13-12-14-17-25/h12-14,16-21,23-24H,4-11,15,22,32H2,1-3H3,(H,33,34). The maximum atomic E-state index is 12.7. The Hall–Kier alpha value is -3.01. The Morgan fingerprint density at radius 2 is 1.51 bits per heavy atom. The summed E-state index contributed by atoms with van der Waals surface area (Å²) in [6.07, 6.45) is 12.4. The summed E-state index contributed by atoms with van der Waals surface area (Å²) in [5, 5.41) is 10.4. The van der Waals surface area contributed by atoms with Gasteiger partial charge in [0.2, 0.25) is 0 Å². The van der Waals surface area contributed by atoms with Crippen LogP contribution in [-0.2, 0) is 9.53 Å². The molecule has 0 aliphatic heterocycles. The first-order valence-electron chi connectivity index (χ1n) is 13.2. The van der Waals surface area contributed by atoms with Crippen molar-refractivity contribution < 1.29 is 14.6 Å². The quantitative estimate of drug-likeness (QED) is 0.0837. The first kappa shape index (κ1) is 28.2. The summed E-state index contributed by atoms with van der Waals surface area (Å²) in [5.74, 6) is -0.505. The summed E-state index contributed by atoms with van der Waals surface area (Å²) in [7, 11) is 0. The normalized spacial score (nSPS) is 13.3. The third-order valence-electron chi connectivity index (χ3n) is 6.41. The molecular weight excluding hydrogens is 434 g/mol. The van der Waals surface area contributed by atoms with E-state index in [2.05, 4.69) is 20.8 Å². The minimum absolute atomic E-state index is 0.0526. The molecule has 0 fully saturated rings. The van der Waals surface area contributed by atoms with Gasteiger partial charge in [-0.25, -0.2) is 4.79 Å². The van der Waals surface area contributed by atoms with Crippen molar-refractivity contribution in [2.24, 2.45) is 5.92 Å². The van der Waals surface area contributed by atoms with Gasteiger partial charge in [-0.1, -0.05) is 102 Å². The van der Waals surface area contributed by atoms with Crippen LogP contribution in [0.1, 0.15) is 89.7 Å². The summed E-state index contributed by atoms with van der Waals surface area (Å²) in [4.78, 5) is 12.7. The van der Waals surface area contributed by atoms with E-state index in [1.165, 1.54) is 38.5 Å². The smallest absolute Gasteiger partial charge is 0.339 e. The van der Waals surface area contributed by atoms with Crippen LogP contribution >= 0.6 is 0 Å². The molecule has 2 rings (SSSR count). The number of hydrogen-bond acceptors (Lipinski definition) is 3. The highest BCUT2D eigenvalue weighted by Crippen LogP contribution is 2.33. The number of carboxylic acid groups (broad SMARTS) is 1. The molecule has 4 heteroatoms. The molecule has 0 spiro atoms. The molecule has 0 aromatic heterocycles. The van der Waals surface area contributed by atoms with E-state index in [-0.39, 0.29) is 11.5 Å². The van der Waals surface area contributed by atoms with Crippen LogP contribution in [0.4, 0.5) is 5.69 Å². The summed E-state index contributed by atoms with van der Waals surface area (Å²) < 4.78 is 6.27. The van der Waals surface area contributed by atoms with Crippen molar-refractivity contribution in [2.75, 3.05) is 12.3 Å². The number of aliphatic carboxylic acids is 1. The first-order chi connectivity index (χ1) is 17.0. The SMILES string of the molecule is CCCCCCCCCCOC(=C(C(=O)O)C(=Cc1ccccc1)C(C)CC)c1ccc(N)cc1. The molecule has 0 saturated heterocycles. The Bertz CT molecular complexity index is 945. The highest BCUT2D eigenvalue weighted by Gasteiger charge is 2.25. The summed E-state index contributed by atoms with van der Waals surface area (Å²) in [5.41, 5.74) is 9.25. The predicted molar refractivity (Wildman–Crippen MR) is 148 cm³/mol. The van der Waals surface area contributed by atoms with Gasteiger partial charge in [0.25, 0.3) is 0 Å². The zero-order chi connectivity index (χ0) is 25.5. The zero-order valence-electron chi connectivity index (χ0n) is 21.8. The number of unbranched alkanes of at least 4 members (excludes halogenated alkanes) is 7. The van der Waals surface area contributed by atoms with Crippen LogP contribution in [0.25, 0.3) is 11.8 Å². The number of anilines is 1. The van der Waals surface area contributed by atoms with Gasteiger partial charge in [0.15, 0.2) is 0 Å². The van der Waals surface area contributed by atoms with E-state index in [9.17, 15) is 9.90 Å². The number of ether oxygens (including phenoxy) is 1. The molecule has 0 aliphatic carbocycles. The Morgan fingerprint density at radius 3 is 2.09 bits per heavy atom. The van der Waals surface area contributed by atoms with Crippen LogP contribution in [0, 0.1) is 5.92 Å². The number of benzene rings is 2. The Labute approximate surface area is 211 Å². The van der Waals surface area contributed by atoms with Crippen LogP contribution in [-0.4, -0.2) is 17.7 Å². The van der Waals surface area contributed by atoms with Gasteiger partial charge in [0, 0.05) is 11.3 Å². The second-order valence-corrected chi connectivity index (χ2v) is 9.27. The van der Waals surface area contributed by atoms with Crippen molar-refractivity contribution in [2.45, 2.75) is 78.6 Å². The van der Waals surface area contributed by atoms with Crippen molar-refractivity contribution in [3.8, 4) is 0 Å². The van der Waals surface area contributed by atoms with Gasteiger partial charge in [0.05, 0.1) is 6.61 Å². The molecule has 0 saturated carbocycles. The Balaban J connectivity index is 2.34. The average molecular weight is 478 g/mol. The van der Waals surface area contributed by atoms with Gasteiger partial charge in [-0.15, -0.1) is 0 Å². The van der Waals surface area contributed by atoms with Gasteiger partial charge in [-0.2, -0.15) is 0 Å². The van der Waals surface area contributed by atoms with Crippen LogP contribution in [0.5, 0.6) is 0 Å². The molecule has 0 bridgehead atoms. The maximum absolute atomic E-state index is 12.7. The Morgan fingerprint density at radius 1 is 0.914 bits per heavy atom. The fraction of sp³-hybridized carbons (Fsp3) is 0.452. The molecule has 2 aromatic carbocycles. The van der Waals surface area contributed by atoms with E-state index in [0.717, 1.165) is 36.0 Å². The molecule has 190 valence electrons. The van der Waals surface area contributed by atoms with E-state index in [0.29, 0.717) is 18.1 Å². The highest BCUT2D eigenvalue weighted by molar-refractivity contribution is 6.01. The lowest BCUT2D eigenvalue weighted by molar-refractivity contribution is -0.132. The molecule has 35 heavy (non-hydrogen) atoms. The monoisotopic (exact) mass is 477 g/mol. The number of carbonyl (C=O) groups is 1. The second kappa shape index (κ2) is 15.8. The minimum atomic E-state index is -0.977.